The molecule has 53 heavy (non-hydrogen) atoms. The number of carbonyl (C=O) groups is 3. The van der Waals surface area contributed by atoms with Gasteiger partial charge in [0.25, 0.3) is 5.91 Å². The van der Waals surface area contributed by atoms with Gasteiger partial charge in [-0.1, -0.05) is 12.1 Å². The molecule has 1 atom stereocenters. The fraction of sp³-hybridized carbons (Fsp3) is 0.415. The van der Waals surface area contributed by atoms with Crippen molar-refractivity contribution in [2.45, 2.75) is 79.1 Å². The predicted octanol–water partition coefficient (Wildman–Crippen LogP) is 8.04. The predicted molar refractivity (Wildman–Crippen MR) is 205 cm³/mol. The summed E-state index contributed by atoms with van der Waals surface area (Å²) in [6, 6.07) is 15.3. The van der Waals surface area contributed by atoms with E-state index in [-0.39, 0.29) is 23.5 Å². The Balaban J connectivity index is 1.45. The Morgan fingerprint density at radius 2 is 1.57 bits per heavy atom. The topological polar surface area (TPSA) is 134 Å². The van der Waals surface area contributed by atoms with Crippen LogP contribution in [-0.2, 0) is 16.5 Å². The summed E-state index contributed by atoms with van der Waals surface area (Å²) in [5.41, 5.74) is 5.51. The van der Waals surface area contributed by atoms with E-state index in [1.165, 1.54) is 17.2 Å². The number of nitriles is 1. The lowest BCUT2D eigenvalue weighted by Gasteiger charge is -2.32. The van der Waals surface area contributed by atoms with Crippen molar-refractivity contribution in [2.75, 3.05) is 32.1 Å². The number of fused-ring (bicyclic) bond motifs is 1. The van der Waals surface area contributed by atoms with E-state index in [9.17, 15) is 19.6 Å². The van der Waals surface area contributed by atoms with Crippen molar-refractivity contribution >= 4 is 40.5 Å². The summed E-state index contributed by atoms with van der Waals surface area (Å²) in [5, 5.41) is 11.1. The Labute approximate surface area is 311 Å². The third kappa shape index (κ3) is 8.42. The Bertz CT molecular complexity index is 2120. The van der Waals surface area contributed by atoms with Crippen molar-refractivity contribution in [1.29, 1.82) is 5.26 Å². The van der Waals surface area contributed by atoms with Crippen LogP contribution in [0.15, 0.2) is 54.7 Å². The second kappa shape index (κ2) is 14.8. The normalized spacial score (nSPS) is 14.3. The minimum atomic E-state index is -0.965. The molecular weight excluding hydrogens is 670 g/mol. The molecule has 1 unspecified atom stereocenters. The van der Waals surface area contributed by atoms with Crippen LogP contribution >= 0.6 is 0 Å². The Hall–Kier alpha value is -5.54. The van der Waals surface area contributed by atoms with Crippen LogP contribution in [-0.4, -0.2) is 80.8 Å². The number of ether oxygens (including phenoxy) is 2. The molecule has 278 valence electrons. The molecule has 0 radical (unpaired) electrons. The molecule has 0 fully saturated rings. The average molecular weight is 720 g/mol. The van der Waals surface area contributed by atoms with E-state index in [4.69, 9.17) is 14.5 Å². The molecule has 0 bridgehead atoms. The van der Waals surface area contributed by atoms with E-state index in [2.05, 4.69) is 52.6 Å². The van der Waals surface area contributed by atoms with Gasteiger partial charge in [-0.3, -0.25) is 9.69 Å². The van der Waals surface area contributed by atoms with Gasteiger partial charge in [-0.25, -0.2) is 19.6 Å². The smallest absolute Gasteiger partial charge is 0.425 e. The first-order valence-corrected chi connectivity index (χ1v) is 17.7. The van der Waals surface area contributed by atoms with Crippen LogP contribution in [0.4, 0.5) is 15.4 Å². The molecule has 1 aliphatic rings. The lowest BCUT2D eigenvalue weighted by Crippen LogP contribution is -2.44. The highest BCUT2D eigenvalue weighted by Crippen LogP contribution is 2.36. The minimum Gasteiger partial charge on any atom is -0.443 e. The maximum atomic E-state index is 13.3. The SMILES string of the molecule is Cc1cc(C(=O)N(C)C)ccc1C1=CCN(C(C)c2cc3c(-c4ccc(N(C(=O)OC(C)(C)C)C(=O)OC(C)(C)C)nc4C#N)ccnc3n2C)CC1. The van der Waals surface area contributed by atoms with Gasteiger partial charge < -0.3 is 18.9 Å². The highest BCUT2D eigenvalue weighted by molar-refractivity contribution is 6.09. The molecule has 12 heteroatoms. The van der Waals surface area contributed by atoms with Crippen molar-refractivity contribution in [1.82, 2.24) is 24.3 Å². The molecule has 4 aromatic rings. The summed E-state index contributed by atoms with van der Waals surface area (Å²) in [7, 11) is 5.50. The molecule has 0 spiro atoms. The summed E-state index contributed by atoms with van der Waals surface area (Å²) >= 11 is 0. The number of nitrogens with zero attached hydrogens (tertiary/aromatic N) is 7. The van der Waals surface area contributed by atoms with E-state index in [1.807, 2.05) is 25.2 Å². The fourth-order valence-corrected chi connectivity index (χ4v) is 6.51. The third-order valence-corrected chi connectivity index (χ3v) is 9.07. The first-order chi connectivity index (χ1) is 24.8. The molecule has 0 N–H and O–H groups in total. The molecular formula is C41H49N7O5. The zero-order chi connectivity index (χ0) is 39.0. The van der Waals surface area contributed by atoms with Crippen LogP contribution in [0.25, 0.3) is 27.7 Å². The Morgan fingerprint density at radius 1 is 0.925 bits per heavy atom. The van der Waals surface area contributed by atoms with E-state index in [0.717, 1.165) is 47.4 Å². The van der Waals surface area contributed by atoms with Crippen molar-refractivity contribution in [2.24, 2.45) is 7.05 Å². The number of anilines is 1. The minimum absolute atomic E-state index is 0.00922. The van der Waals surface area contributed by atoms with Crippen LogP contribution in [0.3, 0.4) is 0 Å². The second-order valence-electron chi connectivity index (χ2n) is 15.6. The van der Waals surface area contributed by atoms with Gasteiger partial charge in [0.1, 0.15) is 28.7 Å². The van der Waals surface area contributed by atoms with Crippen LogP contribution < -0.4 is 4.90 Å². The zero-order valence-electron chi connectivity index (χ0n) is 32.6. The lowest BCUT2D eigenvalue weighted by atomic mass is 9.93. The molecule has 1 aliphatic heterocycles. The fourth-order valence-electron chi connectivity index (χ4n) is 6.51. The summed E-state index contributed by atoms with van der Waals surface area (Å²) < 4.78 is 13.1. The number of hydrogen-bond acceptors (Lipinski definition) is 9. The summed E-state index contributed by atoms with van der Waals surface area (Å²) in [4.78, 5) is 52.9. The Morgan fingerprint density at radius 3 is 2.11 bits per heavy atom. The van der Waals surface area contributed by atoms with Gasteiger partial charge >= 0.3 is 12.2 Å². The molecule has 12 nitrogen and oxygen atoms in total. The molecule has 3 aromatic heterocycles. The number of benzene rings is 1. The van der Waals surface area contributed by atoms with E-state index in [1.54, 1.807) is 72.8 Å². The van der Waals surface area contributed by atoms with E-state index >= 15 is 0 Å². The van der Waals surface area contributed by atoms with Gasteiger partial charge in [-0.05, 0) is 120 Å². The first kappa shape index (κ1) is 38.7. The Kier molecular flexibility index (Phi) is 10.8. The number of rotatable bonds is 6. The van der Waals surface area contributed by atoms with Gasteiger partial charge in [-0.15, -0.1) is 0 Å². The molecule has 0 aliphatic carbocycles. The number of aryl methyl sites for hydroxylation is 2. The number of pyridine rings is 2. The van der Waals surface area contributed by atoms with Crippen LogP contribution in [0.5, 0.6) is 0 Å². The number of imide groups is 1. The van der Waals surface area contributed by atoms with Crippen molar-refractivity contribution < 1.29 is 23.9 Å². The van der Waals surface area contributed by atoms with Crippen molar-refractivity contribution in [3.8, 4) is 17.2 Å². The van der Waals surface area contributed by atoms with Gasteiger partial charge in [-0.2, -0.15) is 10.2 Å². The molecule has 1 aromatic carbocycles. The molecule has 0 saturated carbocycles. The maximum absolute atomic E-state index is 13.3. The first-order valence-electron chi connectivity index (χ1n) is 17.7. The molecule has 4 heterocycles. The molecule has 3 amide bonds. The van der Waals surface area contributed by atoms with Crippen LogP contribution in [0.1, 0.15) is 93.8 Å². The summed E-state index contributed by atoms with van der Waals surface area (Å²) in [6.07, 6.45) is 2.91. The number of amides is 3. The molecule has 0 saturated heterocycles. The quantitative estimate of drug-likeness (QED) is 0.194. The standard InChI is InChI=1S/C41H49N7O5/c1-25-22-28(37(49)45(9)10)12-13-29(25)27-17-20-47(21-18-27)26(2)34-23-32-30(16-19-43-36(32)46(34)11)31-14-15-35(44-33(31)24-42)48(38(50)52-40(3,4)5)39(51)53-41(6,7)8/h12-17,19,22-23,26H,18,20-21H2,1-11H3. The van der Waals surface area contributed by atoms with E-state index in [0.29, 0.717) is 16.0 Å². The zero-order valence-corrected chi connectivity index (χ0v) is 32.6. The van der Waals surface area contributed by atoms with Gasteiger partial charge in [0.2, 0.25) is 0 Å². The van der Waals surface area contributed by atoms with Gasteiger partial charge in [0, 0.05) is 68.7 Å². The number of aromatic nitrogens is 3. The van der Waals surface area contributed by atoms with Crippen molar-refractivity contribution in [3.05, 3.63) is 82.8 Å². The van der Waals surface area contributed by atoms with Crippen molar-refractivity contribution in [3.63, 3.8) is 0 Å². The van der Waals surface area contributed by atoms with Gasteiger partial charge in [0.05, 0.1) is 0 Å². The largest absolute Gasteiger partial charge is 0.443 e. The highest BCUT2D eigenvalue weighted by atomic mass is 16.6. The average Bonchev–Trinajstić information content (AvgIpc) is 3.42. The number of carbonyl (C=O) groups excluding carboxylic acids is 3. The third-order valence-electron chi connectivity index (χ3n) is 9.07. The monoisotopic (exact) mass is 719 g/mol. The van der Waals surface area contributed by atoms with Crippen LogP contribution in [0, 0.1) is 18.3 Å². The maximum Gasteiger partial charge on any atom is 0.425 e. The van der Waals surface area contributed by atoms with Crippen LogP contribution in [0.2, 0.25) is 0 Å². The summed E-state index contributed by atoms with van der Waals surface area (Å²) in [6.45, 7) is 16.0. The molecule has 5 rings (SSSR count). The van der Waals surface area contributed by atoms with E-state index < -0.39 is 23.4 Å². The second-order valence-corrected chi connectivity index (χ2v) is 15.6. The number of hydrogen-bond donors (Lipinski definition) is 0. The van der Waals surface area contributed by atoms with Gasteiger partial charge in [0.15, 0.2) is 5.69 Å². The lowest BCUT2D eigenvalue weighted by molar-refractivity contribution is 0.0428. The summed E-state index contributed by atoms with van der Waals surface area (Å²) in [5.74, 6) is -0.0998. The highest BCUT2D eigenvalue weighted by Gasteiger charge is 2.34.